The van der Waals surface area contributed by atoms with E-state index in [2.05, 4.69) is 28.7 Å². The van der Waals surface area contributed by atoms with Crippen LogP contribution in [0.2, 0.25) is 0 Å². The fraction of sp³-hybridized carbons (Fsp3) is 0.682. The summed E-state index contributed by atoms with van der Waals surface area (Å²) in [5, 5.41) is 3.32. The van der Waals surface area contributed by atoms with Gasteiger partial charge in [-0.1, -0.05) is 6.42 Å². The molecule has 7 heteroatoms. The highest BCUT2D eigenvalue weighted by Crippen LogP contribution is 2.36. The number of aromatic nitrogens is 3. The number of nitrogens with zero attached hydrogens (tertiary/aromatic N) is 4. The zero-order valence-corrected chi connectivity index (χ0v) is 17.5. The lowest BCUT2D eigenvalue weighted by atomic mass is 9.83. The van der Waals surface area contributed by atoms with Gasteiger partial charge in [0, 0.05) is 44.1 Å². The van der Waals surface area contributed by atoms with Crippen molar-refractivity contribution in [2.45, 2.75) is 77.4 Å². The SMILES string of the molecule is CC(C)N1CCc2nc3cc(C4CCCCN4C(=O)C4CCC4)[nH]n3c(=O)c2C1. The van der Waals surface area contributed by atoms with Gasteiger partial charge in [0.1, 0.15) is 0 Å². The van der Waals surface area contributed by atoms with Crippen molar-refractivity contribution in [3.8, 4) is 0 Å². The minimum atomic E-state index is 0.00859. The van der Waals surface area contributed by atoms with Crippen LogP contribution in [0.3, 0.4) is 0 Å². The Morgan fingerprint density at radius 2 is 2.00 bits per heavy atom. The second-order valence-corrected chi connectivity index (χ2v) is 9.23. The third-order valence-electron chi connectivity index (χ3n) is 7.14. The first-order valence-corrected chi connectivity index (χ1v) is 11.2. The lowest BCUT2D eigenvalue weighted by Crippen LogP contribution is -2.43. The number of hydrogen-bond acceptors (Lipinski definition) is 4. The lowest BCUT2D eigenvalue weighted by Gasteiger charge is -2.39. The average Bonchev–Trinajstić information content (AvgIpc) is 3.10. The number of rotatable bonds is 3. The summed E-state index contributed by atoms with van der Waals surface area (Å²) in [7, 11) is 0. The largest absolute Gasteiger partial charge is 0.334 e. The van der Waals surface area contributed by atoms with Crippen LogP contribution in [0.5, 0.6) is 0 Å². The van der Waals surface area contributed by atoms with Crippen molar-refractivity contribution < 1.29 is 4.79 Å². The van der Waals surface area contributed by atoms with Crippen LogP contribution in [0, 0.1) is 5.92 Å². The van der Waals surface area contributed by atoms with E-state index in [0.717, 1.165) is 68.6 Å². The molecule has 2 aliphatic heterocycles. The highest BCUT2D eigenvalue weighted by molar-refractivity contribution is 5.80. The Hall–Kier alpha value is -2.15. The van der Waals surface area contributed by atoms with Crippen molar-refractivity contribution in [3.05, 3.63) is 33.4 Å². The maximum atomic E-state index is 13.2. The molecular formula is C22H31N5O2. The summed E-state index contributed by atoms with van der Waals surface area (Å²) < 4.78 is 1.60. The monoisotopic (exact) mass is 397 g/mol. The molecule has 1 saturated heterocycles. The summed E-state index contributed by atoms with van der Waals surface area (Å²) in [5.74, 6) is 0.502. The Bertz CT molecular complexity index is 987. The molecule has 5 rings (SSSR count). The molecule has 0 aromatic carbocycles. The highest BCUT2D eigenvalue weighted by atomic mass is 16.2. The van der Waals surface area contributed by atoms with Gasteiger partial charge in [-0.05, 0) is 46.0 Å². The predicted octanol–water partition coefficient (Wildman–Crippen LogP) is 2.64. The van der Waals surface area contributed by atoms with Gasteiger partial charge in [0.25, 0.3) is 5.56 Å². The number of hydrogen-bond donors (Lipinski definition) is 1. The molecule has 29 heavy (non-hydrogen) atoms. The number of amides is 1. The van der Waals surface area contributed by atoms with E-state index in [1.165, 1.54) is 6.42 Å². The third-order valence-corrected chi connectivity index (χ3v) is 7.14. The Morgan fingerprint density at radius 3 is 2.72 bits per heavy atom. The highest BCUT2D eigenvalue weighted by Gasteiger charge is 2.36. The zero-order valence-electron chi connectivity index (χ0n) is 17.5. The first-order chi connectivity index (χ1) is 14.0. The van der Waals surface area contributed by atoms with Crippen LogP contribution in [-0.4, -0.2) is 49.4 Å². The Labute approximate surface area is 171 Å². The first-order valence-electron chi connectivity index (χ1n) is 11.2. The normalized spacial score (nSPS) is 23.4. The van der Waals surface area contributed by atoms with Gasteiger partial charge in [0.2, 0.25) is 5.91 Å². The fourth-order valence-electron chi connectivity index (χ4n) is 5.04. The summed E-state index contributed by atoms with van der Waals surface area (Å²) in [4.78, 5) is 35.4. The van der Waals surface area contributed by atoms with Crippen LogP contribution in [-0.2, 0) is 17.8 Å². The molecule has 1 amide bonds. The predicted molar refractivity (Wildman–Crippen MR) is 111 cm³/mol. The van der Waals surface area contributed by atoms with Crippen LogP contribution in [0.25, 0.3) is 5.65 Å². The van der Waals surface area contributed by atoms with Gasteiger partial charge in [0.05, 0.1) is 23.0 Å². The molecule has 1 unspecified atom stereocenters. The summed E-state index contributed by atoms with van der Waals surface area (Å²) in [5.41, 5.74) is 3.38. The number of piperidine rings is 1. The van der Waals surface area contributed by atoms with E-state index >= 15 is 0 Å². The van der Waals surface area contributed by atoms with Gasteiger partial charge in [0.15, 0.2) is 5.65 Å². The summed E-state index contributed by atoms with van der Waals surface area (Å²) in [6, 6.07) is 2.44. The van der Waals surface area contributed by atoms with Crippen molar-refractivity contribution in [3.63, 3.8) is 0 Å². The third kappa shape index (κ3) is 3.19. The van der Waals surface area contributed by atoms with Gasteiger partial charge in [-0.3, -0.25) is 19.6 Å². The van der Waals surface area contributed by atoms with Crippen molar-refractivity contribution in [2.24, 2.45) is 5.92 Å². The maximum absolute atomic E-state index is 13.2. The quantitative estimate of drug-likeness (QED) is 0.864. The molecule has 0 radical (unpaired) electrons. The topological polar surface area (TPSA) is 73.7 Å². The number of aromatic amines is 1. The van der Waals surface area contributed by atoms with E-state index in [-0.39, 0.29) is 17.5 Å². The number of H-pyrrole nitrogens is 1. The number of nitrogens with one attached hydrogen (secondary N) is 1. The maximum Gasteiger partial charge on any atom is 0.277 e. The van der Waals surface area contributed by atoms with E-state index in [1.807, 2.05) is 6.07 Å². The molecule has 3 aliphatic rings. The second-order valence-electron chi connectivity index (χ2n) is 9.23. The first kappa shape index (κ1) is 18.9. The molecule has 0 spiro atoms. The zero-order chi connectivity index (χ0) is 20.1. The molecule has 0 bridgehead atoms. The molecule has 1 N–H and O–H groups in total. The molecule has 2 aromatic heterocycles. The van der Waals surface area contributed by atoms with Gasteiger partial charge in [-0.25, -0.2) is 9.50 Å². The van der Waals surface area contributed by atoms with E-state index < -0.39 is 0 Å². The van der Waals surface area contributed by atoms with Crippen molar-refractivity contribution in [1.29, 1.82) is 0 Å². The van der Waals surface area contributed by atoms with Crippen LogP contribution >= 0.6 is 0 Å². The fourth-order valence-corrected chi connectivity index (χ4v) is 5.04. The average molecular weight is 398 g/mol. The minimum absolute atomic E-state index is 0.00859. The van der Waals surface area contributed by atoms with Gasteiger partial charge in [-0.15, -0.1) is 0 Å². The lowest BCUT2D eigenvalue weighted by molar-refractivity contribution is -0.142. The van der Waals surface area contributed by atoms with E-state index in [0.29, 0.717) is 24.1 Å². The summed E-state index contributed by atoms with van der Waals surface area (Å²) in [6.45, 7) is 6.75. The van der Waals surface area contributed by atoms with Gasteiger partial charge >= 0.3 is 0 Å². The van der Waals surface area contributed by atoms with Gasteiger partial charge < -0.3 is 4.90 Å². The molecule has 1 aliphatic carbocycles. The van der Waals surface area contributed by atoms with E-state index in [4.69, 9.17) is 4.98 Å². The number of fused-ring (bicyclic) bond motifs is 2. The number of likely N-dealkylation sites (tertiary alicyclic amines) is 1. The Morgan fingerprint density at radius 1 is 1.17 bits per heavy atom. The van der Waals surface area contributed by atoms with E-state index in [1.54, 1.807) is 4.52 Å². The van der Waals surface area contributed by atoms with Crippen LogP contribution in [0.4, 0.5) is 0 Å². The smallest absolute Gasteiger partial charge is 0.277 e. The van der Waals surface area contributed by atoms with Crippen molar-refractivity contribution in [1.82, 2.24) is 24.4 Å². The van der Waals surface area contributed by atoms with E-state index in [9.17, 15) is 9.59 Å². The van der Waals surface area contributed by atoms with Crippen LogP contribution < -0.4 is 5.56 Å². The second kappa shape index (κ2) is 7.27. The molecule has 2 aromatic rings. The molecule has 1 saturated carbocycles. The number of carbonyl (C=O) groups excluding carboxylic acids is 1. The van der Waals surface area contributed by atoms with Crippen molar-refractivity contribution in [2.75, 3.05) is 13.1 Å². The molecule has 7 nitrogen and oxygen atoms in total. The molecule has 156 valence electrons. The standard InChI is InChI=1S/C22H31N5O2/c1-14(2)25-11-9-17-16(13-25)22(29)27-20(23-17)12-18(24-27)19-8-3-4-10-26(19)21(28)15-6-5-7-15/h12,14-15,19,24H,3-11,13H2,1-2H3. The van der Waals surface area contributed by atoms with Crippen LogP contribution in [0.15, 0.2) is 10.9 Å². The Balaban J connectivity index is 1.50. The Kier molecular flexibility index (Phi) is 4.73. The molecule has 2 fully saturated rings. The minimum Gasteiger partial charge on any atom is -0.334 e. The summed E-state index contributed by atoms with van der Waals surface area (Å²) in [6.07, 6.45) is 7.14. The van der Waals surface area contributed by atoms with Crippen molar-refractivity contribution >= 4 is 11.6 Å². The molecule has 1 atom stereocenters. The number of carbonyl (C=O) groups is 1. The van der Waals surface area contributed by atoms with Crippen LogP contribution in [0.1, 0.15) is 75.4 Å². The molecule has 4 heterocycles. The molecular weight excluding hydrogens is 366 g/mol. The summed E-state index contributed by atoms with van der Waals surface area (Å²) >= 11 is 0. The van der Waals surface area contributed by atoms with Gasteiger partial charge in [-0.2, -0.15) is 0 Å².